The zero-order valence-electron chi connectivity index (χ0n) is 13.8. The fourth-order valence-corrected chi connectivity index (χ4v) is 2.99. The van der Waals surface area contributed by atoms with Crippen molar-refractivity contribution < 1.29 is 4.42 Å². The molecule has 1 saturated heterocycles. The topological polar surface area (TPSA) is 63.3 Å². The first-order valence-corrected chi connectivity index (χ1v) is 8.25. The molecule has 3 rings (SSSR count). The second-order valence-electron chi connectivity index (χ2n) is 6.05. The number of aromatic nitrogens is 2. The van der Waals surface area contributed by atoms with E-state index in [1.165, 1.54) is 0 Å². The monoisotopic (exact) mass is 316 g/mol. The molecule has 0 saturated carbocycles. The first kappa shape index (κ1) is 15.8. The normalized spacial score (nSPS) is 18.3. The second-order valence-corrected chi connectivity index (χ2v) is 6.05. The highest BCUT2D eigenvalue weighted by Crippen LogP contribution is 2.15. The van der Waals surface area contributed by atoms with E-state index in [4.69, 9.17) is 4.42 Å². The molecular weight excluding hydrogens is 292 g/mol. The predicted octanol–water partition coefficient (Wildman–Crippen LogP) is 1.69. The Morgan fingerprint density at radius 3 is 3.00 bits per heavy atom. The maximum atomic E-state index is 12.2. The second kappa shape index (κ2) is 7.00. The van der Waals surface area contributed by atoms with Crippen LogP contribution >= 0.6 is 0 Å². The first-order chi connectivity index (χ1) is 11.2. The van der Waals surface area contributed by atoms with Crippen LogP contribution in [0.3, 0.4) is 0 Å². The van der Waals surface area contributed by atoms with E-state index in [0.29, 0.717) is 11.9 Å². The van der Waals surface area contributed by atoms with Gasteiger partial charge in [0.2, 0.25) is 0 Å². The summed E-state index contributed by atoms with van der Waals surface area (Å²) in [5.74, 6) is 2.53. The van der Waals surface area contributed by atoms with Crippen LogP contribution in [0.25, 0.3) is 0 Å². The number of anilines is 1. The van der Waals surface area contributed by atoms with Gasteiger partial charge in [0, 0.05) is 45.0 Å². The molecular formula is C17H24N4O2. The molecule has 1 aliphatic heterocycles. The van der Waals surface area contributed by atoms with Crippen LogP contribution in [-0.4, -0.2) is 28.7 Å². The van der Waals surface area contributed by atoms with Gasteiger partial charge in [0.25, 0.3) is 5.56 Å². The van der Waals surface area contributed by atoms with Gasteiger partial charge in [-0.1, -0.05) is 6.92 Å². The van der Waals surface area contributed by atoms with Crippen molar-refractivity contribution in [2.45, 2.75) is 38.8 Å². The Morgan fingerprint density at radius 2 is 2.22 bits per heavy atom. The molecule has 1 aliphatic rings. The lowest BCUT2D eigenvalue weighted by Gasteiger charge is -2.33. The lowest BCUT2D eigenvalue weighted by Crippen LogP contribution is -2.47. The molecule has 3 heterocycles. The van der Waals surface area contributed by atoms with Crippen LogP contribution in [0, 0.1) is 0 Å². The summed E-state index contributed by atoms with van der Waals surface area (Å²) in [7, 11) is 1.76. The van der Waals surface area contributed by atoms with Crippen LogP contribution in [0.15, 0.2) is 33.7 Å². The molecule has 1 fully saturated rings. The number of nitrogens with one attached hydrogen (secondary N) is 1. The highest BCUT2D eigenvalue weighted by molar-refractivity contribution is 5.36. The fourth-order valence-electron chi connectivity index (χ4n) is 2.99. The molecule has 124 valence electrons. The van der Waals surface area contributed by atoms with Crippen LogP contribution in [0.1, 0.15) is 31.3 Å². The Labute approximate surface area is 136 Å². The molecule has 6 nitrogen and oxygen atoms in total. The Hall–Kier alpha value is -2.08. The van der Waals surface area contributed by atoms with Crippen molar-refractivity contribution in [3.05, 3.63) is 46.4 Å². The molecule has 2 aromatic heterocycles. The van der Waals surface area contributed by atoms with Gasteiger partial charge < -0.3 is 19.2 Å². The summed E-state index contributed by atoms with van der Waals surface area (Å²) in [6.45, 7) is 4.49. The van der Waals surface area contributed by atoms with Gasteiger partial charge >= 0.3 is 0 Å². The van der Waals surface area contributed by atoms with Gasteiger partial charge in [-0.25, -0.2) is 4.98 Å². The number of rotatable bonds is 5. The highest BCUT2D eigenvalue weighted by atomic mass is 16.3. The first-order valence-electron chi connectivity index (χ1n) is 8.25. The van der Waals surface area contributed by atoms with Gasteiger partial charge in [-0.15, -0.1) is 0 Å². The summed E-state index contributed by atoms with van der Waals surface area (Å²) >= 11 is 0. The van der Waals surface area contributed by atoms with Gasteiger partial charge in [-0.3, -0.25) is 4.79 Å². The van der Waals surface area contributed by atoms with E-state index in [1.807, 2.05) is 12.1 Å². The van der Waals surface area contributed by atoms with E-state index < -0.39 is 0 Å². The van der Waals surface area contributed by atoms with Crippen molar-refractivity contribution in [3.63, 3.8) is 0 Å². The van der Waals surface area contributed by atoms with E-state index in [0.717, 1.165) is 50.4 Å². The summed E-state index contributed by atoms with van der Waals surface area (Å²) in [6.07, 6.45) is 6.44. The number of piperidine rings is 1. The lowest BCUT2D eigenvalue weighted by molar-refractivity contribution is 0.386. The molecule has 23 heavy (non-hydrogen) atoms. The summed E-state index contributed by atoms with van der Waals surface area (Å²) in [4.78, 5) is 18.6. The Kier molecular flexibility index (Phi) is 4.81. The van der Waals surface area contributed by atoms with Crippen molar-refractivity contribution in [2.75, 3.05) is 18.0 Å². The Morgan fingerprint density at radius 1 is 1.39 bits per heavy atom. The lowest BCUT2D eigenvalue weighted by atomic mass is 10.1. The van der Waals surface area contributed by atoms with E-state index in [9.17, 15) is 4.79 Å². The standard InChI is InChI=1S/C17H24N4O2/c1-3-14-6-7-15(23-14)11-19-13-5-4-9-21(12-13)16-17(22)20(2)10-8-18-16/h6-8,10,13,19H,3-5,9,11-12H2,1-2H3/t13-/m1/s1. The smallest absolute Gasteiger partial charge is 0.293 e. The molecule has 0 bridgehead atoms. The quantitative estimate of drug-likeness (QED) is 0.909. The maximum Gasteiger partial charge on any atom is 0.293 e. The molecule has 0 aliphatic carbocycles. The number of hydrogen-bond donors (Lipinski definition) is 1. The van der Waals surface area contributed by atoms with Crippen molar-refractivity contribution in [3.8, 4) is 0 Å². The van der Waals surface area contributed by atoms with Crippen LogP contribution in [-0.2, 0) is 20.0 Å². The minimum Gasteiger partial charge on any atom is -0.465 e. The maximum absolute atomic E-state index is 12.2. The molecule has 1 N–H and O–H groups in total. The molecule has 6 heteroatoms. The summed E-state index contributed by atoms with van der Waals surface area (Å²) < 4.78 is 7.31. The van der Waals surface area contributed by atoms with Crippen LogP contribution in [0.2, 0.25) is 0 Å². The van der Waals surface area contributed by atoms with Crippen LogP contribution in [0.4, 0.5) is 5.82 Å². The van der Waals surface area contributed by atoms with Gasteiger partial charge in [0.15, 0.2) is 5.82 Å². The van der Waals surface area contributed by atoms with Gasteiger partial charge in [-0.2, -0.15) is 0 Å². The fraction of sp³-hybridized carbons (Fsp3) is 0.529. The molecule has 0 radical (unpaired) electrons. The molecule has 0 unspecified atom stereocenters. The predicted molar refractivity (Wildman–Crippen MR) is 89.6 cm³/mol. The average Bonchev–Trinajstić information content (AvgIpc) is 3.04. The summed E-state index contributed by atoms with van der Waals surface area (Å²) in [5.41, 5.74) is -0.0354. The molecule has 0 aromatic carbocycles. The summed E-state index contributed by atoms with van der Waals surface area (Å²) in [5, 5.41) is 3.54. The number of aryl methyl sites for hydroxylation is 2. The highest BCUT2D eigenvalue weighted by Gasteiger charge is 2.22. The van der Waals surface area contributed by atoms with E-state index in [2.05, 4.69) is 22.1 Å². The average molecular weight is 316 g/mol. The van der Waals surface area contributed by atoms with Crippen LogP contribution < -0.4 is 15.8 Å². The zero-order chi connectivity index (χ0) is 16.2. The minimum absolute atomic E-state index is 0.0354. The van der Waals surface area contributed by atoms with Gasteiger partial charge in [0.05, 0.1) is 6.54 Å². The molecule has 0 spiro atoms. The van der Waals surface area contributed by atoms with Crippen molar-refractivity contribution in [1.29, 1.82) is 0 Å². The number of hydrogen-bond acceptors (Lipinski definition) is 5. The SMILES string of the molecule is CCc1ccc(CN[C@@H]2CCCN(c3nccn(C)c3=O)C2)o1. The van der Waals surface area contributed by atoms with E-state index in [1.54, 1.807) is 24.0 Å². The largest absolute Gasteiger partial charge is 0.465 e. The van der Waals surface area contributed by atoms with Crippen LogP contribution in [0.5, 0.6) is 0 Å². The third-order valence-electron chi connectivity index (χ3n) is 4.35. The third-order valence-corrected chi connectivity index (χ3v) is 4.35. The Balaban J connectivity index is 1.62. The molecule has 1 atom stereocenters. The van der Waals surface area contributed by atoms with Gasteiger partial charge in [0.1, 0.15) is 11.5 Å². The van der Waals surface area contributed by atoms with E-state index in [-0.39, 0.29) is 5.56 Å². The minimum atomic E-state index is -0.0354. The Bertz CT molecular complexity index is 707. The number of nitrogens with zero attached hydrogens (tertiary/aromatic N) is 3. The summed E-state index contributed by atoms with van der Waals surface area (Å²) in [6, 6.07) is 4.40. The molecule has 0 amide bonds. The van der Waals surface area contributed by atoms with E-state index >= 15 is 0 Å². The van der Waals surface area contributed by atoms with Crippen molar-refractivity contribution in [2.24, 2.45) is 7.05 Å². The third kappa shape index (κ3) is 3.64. The number of furan rings is 1. The van der Waals surface area contributed by atoms with Gasteiger partial charge in [-0.05, 0) is 25.0 Å². The van der Waals surface area contributed by atoms with Crippen molar-refractivity contribution >= 4 is 5.82 Å². The van der Waals surface area contributed by atoms with Crippen molar-refractivity contribution in [1.82, 2.24) is 14.9 Å². The zero-order valence-corrected chi connectivity index (χ0v) is 13.8. The molecule has 2 aromatic rings.